The highest BCUT2D eigenvalue weighted by molar-refractivity contribution is 5.86. The number of carbonyl (C=O) groups excluding carboxylic acids is 1. The summed E-state index contributed by atoms with van der Waals surface area (Å²) in [6.07, 6.45) is 15.5. The van der Waals surface area contributed by atoms with E-state index in [0.29, 0.717) is 24.9 Å². The molecule has 0 radical (unpaired) electrons. The lowest BCUT2D eigenvalue weighted by molar-refractivity contribution is -0.129. The zero-order chi connectivity index (χ0) is 30.7. The molecule has 2 aromatic carbocycles. The summed E-state index contributed by atoms with van der Waals surface area (Å²) in [4.78, 5) is 17.3. The van der Waals surface area contributed by atoms with Crippen LogP contribution >= 0.6 is 0 Å². The molecule has 3 aliphatic carbocycles. The van der Waals surface area contributed by atoms with Gasteiger partial charge < -0.3 is 21.5 Å². The van der Waals surface area contributed by atoms with Gasteiger partial charge in [0.2, 0.25) is 5.91 Å². The monoisotopic (exact) mass is 601 g/mol. The maximum atomic E-state index is 14.7. The molecular formula is C37H55N5O2. The molecule has 6 N–H and O–H groups in total. The van der Waals surface area contributed by atoms with Gasteiger partial charge >= 0.3 is 0 Å². The Morgan fingerprint density at radius 1 is 0.977 bits per heavy atom. The SMILES string of the molecule is COCC1C(C(=O)N[C@H]2CC[C@H](N)CC2)N(Cc2cccc3ccccc23)C2CC(C(=N)N)CCC12C1CCCCCCC1. The number of methoxy groups -OCH3 is 1. The van der Waals surface area contributed by atoms with Gasteiger partial charge in [-0.1, -0.05) is 74.6 Å². The molecule has 240 valence electrons. The van der Waals surface area contributed by atoms with E-state index in [9.17, 15) is 4.79 Å². The van der Waals surface area contributed by atoms with E-state index in [-0.39, 0.29) is 47.3 Å². The molecule has 3 saturated carbocycles. The van der Waals surface area contributed by atoms with Crippen molar-refractivity contribution < 1.29 is 9.53 Å². The molecule has 7 nitrogen and oxygen atoms in total. The number of amides is 1. The molecule has 44 heavy (non-hydrogen) atoms. The number of nitrogens with zero attached hydrogens (tertiary/aromatic N) is 1. The zero-order valence-corrected chi connectivity index (χ0v) is 26.8. The van der Waals surface area contributed by atoms with Crippen LogP contribution < -0.4 is 16.8 Å². The quantitative estimate of drug-likeness (QED) is 0.215. The largest absolute Gasteiger partial charge is 0.387 e. The number of benzene rings is 2. The van der Waals surface area contributed by atoms with Crippen LogP contribution in [-0.4, -0.2) is 54.5 Å². The minimum Gasteiger partial charge on any atom is -0.387 e. The number of likely N-dealkylation sites (tertiary alicyclic amines) is 1. The molecule has 5 unspecified atom stereocenters. The Morgan fingerprint density at radius 2 is 1.68 bits per heavy atom. The molecule has 1 saturated heterocycles. The van der Waals surface area contributed by atoms with Gasteiger partial charge in [-0.05, 0) is 85.5 Å². The average molecular weight is 602 g/mol. The van der Waals surface area contributed by atoms with E-state index in [0.717, 1.165) is 44.9 Å². The van der Waals surface area contributed by atoms with Crippen LogP contribution in [0.1, 0.15) is 95.5 Å². The molecular weight excluding hydrogens is 546 g/mol. The maximum Gasteiger partial charge on any atom is 0.237 e. The topological polar surface area (TPSA) is 117 Å². The summed E-state index contributed by atoms with van der Waals surface area (Å²) < 4.78 is 6.08. The number of fused-ring (bicyclic) bond motifs is 2. The Balaban J connectivity index is 1.45. The van der Waals surface area contributed by atoms with E-state index in [4.69, 9.17) is 21.6 Å². The second-order valence-electron chi connectivity index (χ2n) is 14.5. The average Bonchev–Trinajstić information content (AvgIpc) is 3.27. The Bertz CT molecular complexity index is 1280. The van der Waals surface area contributed by atoms with Crippen molar-refractivity contribution in [2.45, 2.75) is 121 Å². The standard InChI is InChI=1S/C37H55N5O2/c1-44-24-32-34(36(43)41-30-18-16-29(38)17-19-30)42(23-27-12-9-11-25-10-7-8-15-31(25)27)33-22-26(35(39)40)20-21-37(32,33)28-13-5-3-2-4-6-14-28/h7-12,15,26,28-30,32-34H,2-6,13-14,16-24,38H2,1H3,(H3,39,40)(H,41,43)/t26?,29-,30-,32?,33?,34?,37?. The van der Waals surface area contributed by atoms with E-state index in [1.807, 2.05) is 7.11 Å². The third kappa shape index (κ3) is 6.17. The van der Waals surface area contributed by atoms with Gasteiger partial charge in [0.1, 0.15) is 0 Å². The minimum absolute atomic E-state index is 0.0409. The van der Waals surface area contributed by atoms with Crippen LogP contribution in [0.5, 0.6) is 0 Å². The van der Waals surface area contributed by atoms with E-state index in [2.05, 4.69) is 52.7 Å². The third-order valence-corrected chi connectivity index (χ3v) is 12.2. The Hall–Kier alpha value is -2.48. The maximum absolute atomic E-state index is 14.7. The van der Waals surface area contributed by atoms with Crippen molar-refractivity contribution in [1.29, 1.82) is 5.41 Å². The zero-order valence-electron chi connectivity index (χ0n) is 26.8. The summed E-state index contributed by atoms with van der Waals surface area (Å²) in [6, 6.07) is 15.5. The minimum atomic E-state index is -0.286. The Labute approximate surface area is 264 Å². The highest BCUT2D eigenvalue weighted by Crippen LogP contribution is 2.61. The molecule has 1 aliphatic heterocycles. The van der Waals surface area contributed by atoms with Crippen molar-refractivity contribution in [3.63, 3.8) is 0 Å². The predicted molar refractivity (Wildman–Crippen MR) is 178 cm³/mol. The van der Waals surface area contributed by atoms with Crippen LogP contribution in [-0.2, 0) is 16.1 Å². The lowest BCUT2D eigenvalue weighted by Crippen LogP contribution is -2.52. The van der Waals surface area contributed by atoms with Crippen LogP contribution in [0.15, 0.2) is 42.5 Å². The van der Waals surface area contributed by atoms with Crippen molar-refractivity contribution in [2.24, 2.45) is 34.6 Å². The molecule has 1 heterocycles. The molecule has 1 amide bonds. The smallest absolute Gasteiger partial charge is 0.237 e. The normalized spacial score (nSPS) is 33.8. The molecule has 0 bridgehead atoms. The lowest BCUT2D eigenvalue weighted by atomic mass is 9.54. The number of amidine groups is 1. The second-order valence-corrected chi connectivity index (χ2v) is 14.5. The summed E-state index contributed by atoms with van der Waals surface area (Å²) in [7, 11) is 1.81. The summed E-state index contributed by atoms with van der Waals surface area (Å²) in [5.74, 6) is 1.15. The van der Waals surface area contributed by atoms with Gasteiger partial charge in [-0.2, -0.15) is 0 Å². The Kier molecular flexibility index (Phi) is 9.94. The molecule has 0 aromatic heterocycles. The fourth-order valence-electron chi connectivity index (χ4n) is 9.99. The number of rotatable bonds is 8. The van der Waals surface area contributed by atoms with Gasteiger partial charge in [0.05, 0.1) is 18.5 Å². The van der Waals surface area contributed by atoms with Gasteiger partial charge in [-0.15, -0.1) is 0 Å². The second kappa shape index (κ2) is 13.9. The highest BCUT2D eigenvalue weighted by Gasteiger charge is 2.64. The molecule has 5 atom stereocenters. The predicted octanol–water partition coefficient (Wildman–Crippen LogP) is 6.12. The van der Waals surface area contributed by atoms with E-state index in [1.165, 1.54) is 61.3 Å². The van der Waals surface area contributed by atoms with Gasteiger partial charge in [0.25, 0.3) is 0 Å². The van der Waals surface area contributed by atoms with Gasteiger partial charge in [0, 0.05) is 43.6 Å². The van der Waals surface area contributed by atoms with Crippen LogP contribution in [0.25, 0.3) is 10.8 Å². The fraction of sp³-hybridized carbons (Fsp3) is 0.676. The first kappa shape index (κ1) is 31.5. The number of nitrogens with two attached hydrogens (primary N) is 2. The van der Waals surface area contributed by atoms with Gasteiger partial charge in [0.15, 0.2) is 0 Å². The number of carbonyl (C=O) groups is 1. The first-order valence-corrected chi connectivity index (χ1v) is 17.5. The first-order chi connectivity index (χ1) is 21.4. The van der Waals surface area contributed by atoms with Crippen molar-refractivity contribution in [3.8, 4) is 0 Å². The summed E-state index contributed by atoms with van der Waals surface area (Å²) in [5, 5.41) is 14.5. The number of hydrogen-bond acceptors (Lipinski definition) is 5. The molecule has 7 heteroatoms. The van der Waals surface area contributed by atoms with Gasteiger partial charge in [-0.3, -0.25) is 15.1 Å². The van der Waals surface area contributed by atoms with Crippen molar-refractivity contribution in [1.82, 2.24) is 10.2 Å². The van der Waals surface area contributed by atoms with Crippen LogP contribution in [0.4, 0.5) is 0 Å². The summed E-state index contributed by atoms with van der Waals surface area (Å²) in [6.45, 7) is 1.29. The van der Waals surface area contributed by atoms with Crippen LogP contribution in [0, 0.1) is 28.6 Å². The number of ether oxygens (including phenoxy) is 1. The third-order valence-electron chi connectivity index (χ3n) is 12.2. The summed E-state index contributed by atoms with van der Waals surface area (Å²) >= 11 is 0. The first-order valence-electron chi connectivity index (χ1n) is 17.5. The molecule has 4 aliphatic rings. The van der Waals surface area contributed by atoms with Gasteiger partial charge in [-0.25, -0.2) is 0 Å². The molecule has 0 spiro atoms. The van der Waals surface area contributed by atoms with E-state index >= 15 is 0 Å². The number of hydrogen-bond donors (Lipinski definition) is 4. The van der Waals surface area contributed by atoms with Crippen LogP contribution in [0.2, 0.25) is 0 Å². The molecule has 4 fully saturated rings. The van der Waals surface area contributed by atoms with Crippen molar-refractivity contribution >= 4 is 22.5 Å². The fourth-order valence-corrected chi connectivity index (χ4v) is 9.99. The number of nitrogens with one attached hydrogen (secondary N) is 2. The van der Waals surface area contributed by atoms with Crippen LogP contribution in [0.3, 0.4) is 0 Å². The van der Waals surface area contributed by atoms with Crippen molar-refractivity contribution in [2.75, 3.05) is 13.7 Å². The molecule has 2 aromatic rings. The Morgan fingerprint density at radius 3 is 2.41 bits per heavy atom. The summed E-state index contributed by atoms with van der Waals surface area (Å²) in [5.41, 5.74) is 13.7. The van der Waals surface area contributed by atoms with E-state index < -0.39 is 0 Å². The van der Waals surface area contributed by atoms with E-state index in [1.54, 1.807) is 0 Å². The molecule has 6 rings (SSSR count). The van der Waals surface area contributed by atoms with Crippen molar-refractivity contribution in [3.05, 3.63) is 48.0 Å². The highest BCUT2D eigenvalue weighted by atomic mass is 16.5. The lowest BCUT2D eigenvalue weighted by Gasteiger charge is -2.52.